The monoisotopic (exact) mass is 323 g/mol. The molecule has 0 heterocycles. The minimum atomic E-state index is 0.622. The summed E-state index contributed by atoms with van der Waals surface area (Å²) in [5, 5.41) is 3.56. The molecule has 1 atom stereocenters. The number of rotatable bonds is 5. The Hall–Kier alpha value is -0.340. The molecule has 1 fully saturated rings. The van der Waals surface area contributed by atoms with Crippen molar-refractivity contribution in [2.45, 2.75) is 51.5 Å². The normalized spacial score (nSPS) is 25.2. The molecule has 1 unspecified atom stereocenters. The zero-order chi connectivity index (χ0) is 13.7. The predicted octanol–water partition coefficient (Wildman–Crippen LogP) is 4.80. The van der Waals surface area contributed by atoms with Crippen molar-refractivity contribution in [2.75, 3.05) is 7.05 Å². The summed E-state index contributed by atoms with van der Waals surface area (Å²) in [4.78, 5) is 0. The zero-order valence-electron chi connectivity index (χ0n) is 12.2. The maximum absolute atomic E-state index is 3.67. The minimum absolute atomic E-state index is 0.622. The Morgan fingerprint density at radius 1 is 1.21 bits per heavy atom. The van der Waals surface area contributed by atoms with Crippen LogP contribution in [0.3, 0.4) is 0 Å². The van der Waals surface area contributed by atoms with Gasteiger partial charge in [-0.05, 0) is 49.8 Å². The van der Waals surface area contributed by atoms with E-state index in [9.17, 15) is 0 Å². The van der Waals surface area contributed by atoms with E-state index in [1.807, 2.05) is 0 Å². The van der Waals surface area contributed by atoms with Gasteiger partial charge in [0, 0.05) is 10.5 Å². The first-order valence-electron chi connectivity index (χ1n) is 7.65. The van der Waals surface area contributed by atoms with E-state index in [-0.39, 0.29) is 0 Å². The molecule has 2 rings (SSSR count). The largest absolute Gasteiger partial charge is 0.316 e. The fraction of sp³-hybridized carbons (Fsp3) is 0.647. The van der Waals surface area contributed by atoms with Crippen LogP contribution in [0.25, 0.3) is 0 Å². The minimum Gasteiger partial charge on any atom is -0.316 e. The maximum Gasteiger partial charge on any atom is 0.0207 e. The molecule has 1 N–H and O–H groups in total. The summed E-state index contributed by atoms with van der Waals surface area (Å²) in [5.41, 5.74) is 1.43. The standard InChI is InChI=1S/C17H26BrN/c1-3-13-8-10-14(11-9-13)17(19-2)12-15-6-4-5-7-16(15)18/h4-7,13-14,17,19H,3,8-12H2,1-2H3. The third-order valence-corrected chi connectivity index (χ3v) is 5.58. The second kappa shape index (κ2) is 7.44. The van der Waals surface area contributed by atoms with Crippen molar-refractivity contribution in [3.63, 3.8) is 0 Å². The Bertz CT molecular complexity index is 383. The maximum atomic E-state index is 3.67. The predicted molar refractivity (Wildman–Crippen MR) is 86.4 cm³/mol. The van der Waals surface area contributed by atoms with Crippen molar-refractivity contribution in [1.82, 2.24) is 5.32 Å². The molecule has 106 valence electrons. The van der Waals surface area contributed by atoms with Crippen LogP contribution in [0.15, 0.2) is 28.7 Å². The van der Waals surface area contributed by atoms with Gasteiger partial charge in [-0.2, -0.15) is 0 Å². The molecule has 1 nitrogen and oxygen atoms in total. The van der Waals surface area contributed by atoms with Crippen molar-refractivity contribution in [1.29, 1.82) is 0 Å². The fourth-order valence-electron chi connectivity index (χ4n) is 3.40. The van der Waals surface area contributed by atoms with Gasteiger partial charge in [-0.25, -0.2) is 0 Å². The molecular weight excluding hydrogens is 298 g/mol. The van der Waals surface area contributed by atoms with Crippen molar-refractivity contribution in [3.8, 4) is 0 Å². The molecule has 0 bridgehead atoms. The Kier molecular flexibility index (Phi) is 5.90. The van der Waals surface area contributed by atoms with E-state index in [1.54, 1.807) is 0 Å². The second-order valence-corrected chi connectivity index (χ2v) is 6.73. The van der Waals surface area contributed by atoms with E-state index in [0.717, 1.165) is 18.3 Å². The van der Waals surface area contributed by atoms with E-state index < -0.39 is 0 Å². The van der Waals surface area contributed by atoms with Gasteiger partial charge in [0.25, 0.3) is 0 Å². The first-order valence-corrected chi connectivity index (χ1v) is 8.44. The highest BCUT2D eigenvalue weighted by Gasteiger charge is 2.26. The van der Waals surface area contributed by atoms with E-state index in [4.69, 9.17) is 0 Å². The SMILES string of the molecule is CCC1CCC(C(Cc2ccccc2Br)NC)CC1. The lowest BCUT2D eigenvalue weighted by Gasteiger charge is -2.33. The van der Waals surface area contributed by atoms with Crippen LogP contribution in [0.1, 0.15) is 44.6 Å². The lowest BCUT2D eigenvalue weighted by Crippen LogP contribution is -2.37. The Labute approximate surface area is 126 Å². The van der Waals surface area contributed by atoms with Crippen LogP contribution < -0.4 is 5.32 Å². The highest BCUT2D eigenvalue weighted by molar-refractivity contribution is 9.10. The van der Waals surface area contributed by atoms with Gasteiger partial charge in [0.2, 0.25) is 0 Å². The summed E-state index contributed by atoms with van der Waals surface area (Å²) in [6, 6.07) is 9.24. The van der Waals surface area contributed by atoms with Crippen LogP contribution in [0.4, 0.5) is 0 Å². The summed E-state index contributed by atoms with van der Waals surface area (Å²) in [6.07, 6.45) is 8.15. The van der Waals surface area contributed by atoms with E-state index in [1.165, 1.54) is 42.1 Å². The third-order valence-electron chi connectivity index (χ3n) is 4.81. The molecule has 1 saturated carbocycles. The smallest absolute Gasteiger partial charge is 0.0207 e. The number of nitrogens with one attached hydrogen (secondary N) is 1. The summed E-state index contributed by atoms with van der Waals surface area (Å²) >= 11 is 3.67. The number of benzene rings is 1. The highest BCUT2D eigenvalue weighted by atomic mass is 79.9. The number of likely N-dealkylation sites (N-methyl/N-ethyl adjacent to an activating group) is 1. The van der Waals surface area contributed by atoms with Gasteiger partial charge < -0.3 is 5.32 Å². The van der Waals surface area contributed by atoms with Gasteiger partial charge in [-0.3, -0.25) is 0 Å². The molecule has 1 aromatic carbocycles. The fourth-order valence-corrected chi connectivity index (χ4v) is 3.85. The van der Waals surface area contributed by atoms with Gasteiger partial charge in [0.1, 0.15) is 0 Å². The molecule has 1 aliphatic rings. The lowest BCUT2D eigenvalue weighted by atomic mass is 9.76. The summed E-state index contributed by atoms with van der Waals surface area (Å²) in [5.74, 6) is 1.83. The lowest BCUT2D eigenvalue weighted by molar-refractivity contribution is 0.222. The molecule has 0 saturated heterocycles. The molecule has 0 aliphatic heterocycles. The average Bonchev–Trinajstić information content (AvgIpc) is 2.47. The molecule has 19 heavy (non-hydrogen) atoms. The third kappa shape index (κ3) is 4.06. The van der Waals surface area contributed by atoms with Gasteiger partial charge in [0.15, 0.2) is 0 Å². The molecule has 1 aliphatic carbocycles. The Morgan fingerprint density at radius 3 is 2.47 bits per heavy atom. The molecule has 0 amide bonds. The Balaban J connectivity index is 1.95. The van der Waals surface area contributed by atoms with E-state index in [0.29, 0.717) is 6.04 Å². The second-order valence-electron chi connectivity index (χ2n) is 5.88. The number of hydrogen-bond acceptors (Lipinski definition) is 1. The molecule has 1 aromatic rings. The van der Waals surface area contributed by atoms with Gasteiger partial charge in [-0.1, -0.05) is 60.3 Å². The number of hydrogen-bond donors (Lipinski definition) is 1. The van der Waals surface area contributed by atoms with Crippen LogP contribution in [0.2, 0.25) is 0 Å². The van der Waals surface area contributed by atoms with Gasteiger partial charge in [0.05, 0.1) is 0 Å². The van der Waals surface area contributed by atoms with Crippen molar-refractivity contribution >= 4 is 15.9 Å². The average molecular weight is 324 g/mol. The van der Waals surface area contributed by atoms with Crippen LogP contribution in [-0.2, 0) is 6.42 Å². The van der Waals surface area contributed by atoms with Gasteiger partial charge >= 0.3 is 0 Å². The Morgan fingerprint density at radius 2 is 1.89 bits per heavy atom. The van der Waals surface area contributed by atoms with Crippen molar-refractivity contribution in [2.24, 2.45) is 11.8 Å². The number of halogens is 1. The van der Waals surface area contributed by atoms with Crippen molar-refractivity contribution in [3.05, 3.63) is 34.3 Å². The molecule has 0 spiro atoms. The summed E-state index contributed by atoms with van der Waals surface area (Å²) in [6.45, 7) is 2.33. The summed E-state index contributed by atoms with van der Waals surface area (Å²) < 4.78 is 1.25. The van der Waals surface area contributed by atoms with Crippen LogP contribution in [0, 0.1) is 11.8 Å². The zero-order valence-corrected chi connectivity index (χ0v) is 13.7. The first kappa shape index (κ1) is 15.1. The van der Waals surface area contributed by atoms with Crippen molar-refractivity contribution < 1.29 is 0 Å². The highest BCUT2D eigenvalue weighted by Crippen LogP contribution is 2.33. The first-order chi connectivity index (χ1) is 9.24. The quantitative estimate of drug-likeness (QED) is 0.821. The van der Waals surface area contributed by atoms with Crippen LogP contribution >= 0.6 is 15.9 Å². The van der Waals surface area contributed by atoms with Crippen LogP contribution in [0.5, 0.6) is 0 Å². The van der Waals surface area contributed by atoms with Crippen LogP contribution in [-0.4, -0.2) is 13.1 Å². The van der Waals surface area contributed by atoms with E-state index >= 15 is 0 Å². The summed E-state index contributed by atoms with van der Waals surface area (Å²) in [7, 11) is 2.12. The van der Waals surface area contributed by atoms with Gasteiger partial charge in [-0.15, -0.1) is 0 Å². The van der Waals surface area contributed by atoms with E-state index in [2.05, 4.69) is 59.5 Å². The molecular formula is C17H26BrN. The topological polar surface area (TPSA) is 12.0 Å². The molecule has 0 aromatic heterocycles. The molecule has 2 heteroatoms. The molecule has 0 radical (unpaired) electrons.